The summed E-state index contributed by atoms with van der Waals surface area (Å²) in [7, 11) is 0. The summed E-state index contributed by atoms with van der Waals surface area (Å²) in [6, 6.07) is 0. The molecule has 1 aromatic heterocycles. The highest BCUT2D eigenvalue weighted by Crippen LogP contribution is 2.10. The van der Waals surface area contributed by atoms with Gasteiger partial charge in [0, 0.05) is 11.9 Å². The molecule has 1 aromatic rings. The Labute approximate surface area is 69.3 Å². The molecule has 0 spiro atoms. The Kier molecular flexibility index (Phi) is 1.96. The van der Waals surface area contributed by atoms with E-state index in [0.29, 0.717) is 0 Å². The Hall–Kier alpha value is -0.740. The van der Waals surface area contributed by atoms with Gasteiger partial charge in [-0.2, -0.15) is 0 Å². The molecule has 58 valence electrons. The Morgan fingerprint density at radius 1 is 1.64 bits per heavy atom. The lowest BCUT2D eigenvalue weighted by molar-refractivity contribution is 0.862. The van der Waals surface area contributed by atoms with Crippen LogP contribution in [-0.2, 0) is 0 Å². The van der Waals surface area contributed by atoms with E-state index in [1.165, 1.54) is 17.1 Å². The summed E-state index contributed by atoms with van der Waals surface area (Å²) < 4.78 is 3.79. The first kappa shape index (κ1) is 6.94. The SMILES string of the molecule is C(=C1\CCNC1)/c1csnn1. The fraction of sp³-hybridized carbons (Fsp3) is 0.429. The van der Waals surface area contributed by atoms with Gasteiger partial charge in [-0.25, -0.2) is 0 Å². The van der Waals surface area contributed by atoms with Crippen molar-refractivity contribution in [2.24, 2.45) is 0 Å². The van der Waals surface area contributed by atoms with Crippen LogP contribution in [0.3, 0.4) is 0 Å². The van der Waals surface area contributed by atoms with Gasteiger partial charge in [0.25, 0.3) is 0 Å². The van der Waals surface area contributed by atoms with Gasteiger partial charge in [0.2, 0.25) is 0 Å². The number of aromatic nitrogens is 2. The molecule has 0 unspecified atom stereocenters. The van der Waals surface area contributed by atoms with E-state index in [0.717, 1.165) is 25.2 Å². The second-order valence-corrected chi connectivity index (χ2v) is 3.17. The first-order valence-corrected chi connectivity index (χ1v) is 4.46. The van der Waals surface area contributed by atoms with Crippen LogP contribution in [0, 0.1) is 0 Å². The average molecular weight is 167 g/mol. The van der Waals surface area contributed by atoms with Gasteiger partial charge >= 0.3 is 0 Å². The van der Waals surface area contributed by atoms with Crippen molar-refractivity contribution in [3.8, 4) is 0 Å². The quantitative estimate of drug-likeness (QED) is 0.675. The number of hydrogen-bond donors (Lipinski definition) is 1. The van der Waals surface area contributed by atoms with Crippen LogP contribution in [0.2, 0.25) is 0 Å². The van der Waals surface area contributed by atoms with Gasteiger partial charge in [-0.3, -0.25) is 0 Å². The van der Waals surface area contributed by atoms with Crippen molar-refractivity contribution < 1.29 is 0 Å². The normalized spacial score (nSPS) is 21.3. The number of hydrogen-bond acceptors (Lipinski definition) is 4. The van der Waals surface area contributed by atoms with Crippen molar-refractivity contribution in [1.29, 1.82) is 0 Å². The summed E-state index contributed by atoms with van der Waals surface area (Å²) in [5.74, 6) is 0. The van der Waals surface area contributed by atoms with Crippen molar-refractivity contribution in [3.63, 3.8) is 0 Å². The molecule has 1 N–H and O–H groups in total. The molecule has 0 bridgehead atoms. The average Bonchev–Trinajstić information content (AvgIpc) is 2.60. The van der Waals surface area contributed by atoms with E-state index in [4.69, 9.17) is 0 Å². The van der Waals surface area contributed by atoms with Crippen LogP contribution in [0.5, 0.6) is 0 Å². The topological polar surface area (TPSA) is 37.8 Å². The van der Waals surface area contributed by atoms with Crippen LogP contribution in [0.25, 0.3) is 6.08 Å². The van der Waals surface area contributed by atoms with Gasteiger partial charge in [-0.1, -0.05) is 10.1 Å². The molecule has 1 aliphatic rings. The fourth-order valence-corrected chi connectivity index (χ4v) is 1.57. The van der Waals surface area contributed by atoms with Gasteiger partial charge < -0.3 is 5.32 Å². The van der Waals surface area contributed by atoms with Crippen molar-refractivity contribution in [3.05, 3.63) is 16.6 Å². The van der Waals surface area contributed by atoms with Gasteiger partial charge in [0.05, 0.1) is 5.69 Å². The standard InChI is InChI=1S/C7H9N3S/c1-2-8-4-6(1)3-7-5-11-10-9-7/h3,5,8H,1-2,4H2/b6-3-. The third-order valence-corrected chi connectivity index (χ3v) is 2.23. The van der Waals surface area contributed by atoms with Crippen LogP contribution >= 0.6 is 11.5 Å². The Morgan fingerprint density at radius 3 is 3.27 bits per heavy atom. The summed E-state index contributed by atoms with van der Waals surface area (Å²) in [5.41, 5.74) is 2.42. The molecular weight excluding hydrogens is 158 g/mol. The van der Waals surface area contributed by atoms with Crippen LogP contribution < -0.4 is 5.32 Å². The highest BCUT2D eigenvalue weighted by atomic mass is 32.1. The maximum absolute atomic E-state index is 3.94. The van der Waals surface area contributed by atoms with Crippen LogP contribution in [0.1, 0.15) is 12.1 Å². The van der Waals surface area contributed by atoms with Gasteiger partial charge in [0.15, 0.2) is 0 Å². The molecule has 0 saturated carbocycles. The lowest BCUT2D eigenvalue weighted by Crippen LogP contribution is -2.04. The zero-order valence-corrected chi connectivity index (χ0v) is 6.90. The number of nitrogens with one attached hydrogen (secondary N) is 1. The molecule has 2 heterocycles. The molecule has 4 heteroatoms. The van der Waals surface area contributed by atoms with Crippen LogP contribution in [0.4, 0.5) is 0 Å². The van der Waals surface area contributed by atoms with Gasteiger partial charge in [-0.15, -0.1) is 5.10 Å². The largest absolute Gasteiger partial charge is 0.313 e. The third-order valence-electron chi connectivity index (χ3n) is 1.70. The predicted molar refractivity (Wildman–Crippen MR) is 45.4 cm³/mol. The molecule has 0 atom stereocenters. The minimum atomic E-state index is 0.994. The van der Waals surface area contributed by atoms with E-state index >= 15 is 0 Å². The summed E-state index contributed by atoms with van der Waals surface area (Å²) >= 11 is 1.40. The Bertz CT molecular complexity index is 245. The summed E-state index contributed by atoms with van der Waals surface area (Å²) in [4.78, 5) is 0. The van der Waals surface area contributed by atoms with Gasteiger partial charge in [-0.05, 0) is 30.6 Å². The summed E-state index contributed by atoms with van der Waals surface area (Å²) in [5, 5.41) is 9.18. The Balaban J connectivity index is 2.13. The van der Waals surface area contributed by atoms with E-state index in [2.05, 4.69) is 21.0 Å². The van der Waals surface area contributed by atoms with E-state index < -0.39 is 0 Å². The monoisotopic (exact) mass is 167 g/mol. The second-order valence-electron chi connectivity index (χ2n) is 2.56. The predicted octanol–water partition coefficient (Wildman–Crippen LogP) is 0.915. The van der Waals surface area contributed by atoms with E-state index in [9.17, 15) is 0 Å². The maximum Gasteiger partial charge on any atom is 0.0981 e. The van der Waals surface area contributed by atoms with Crippen molar-refractivity contribution >= 4 is 17.6 Å². The highest BCUT2D eigenvalue weighted by Gasteiger charge is 2.05. The smallest absolute Gasteiger partial charge is 0.0981 e. The molecule has 0 radical (unpaired) electrons. The lowest BCUT2D eigenvalue weighted by atomic mass is 10.2. The zero-order valence-electron chi connectivity index (χ0n) is 6.08. The third kappa shape index (κ3) is 1.64. The van der Waals surface area contributed by atoms with Gasteiger partial charge in [0.1, 0.15) is 0 Å². The van der Waals surface area contributed by atoms with Crippen molar-refractivity contribution in [2.45, 2.75) is 6.42 Å². The molecule has 1 fully saturated rings. The molecule has 2 rings (SSSR count). The molecular formula is C7H9N3S. The first-order valence-electron chi connectivity index (χ1n) is 3.62. The van der Waals surface area contributed by atoms with Crippen LogP contribution in [0.15, 0.2) is 11.0 Å². The summed E-state index contributed by atoms with van der Waals surface area (Å²) in [6.07, 6.45) is 3.26. The minimum absolute atomic E-state index is 0.994. The van der Waals surface area contributed by atoms with Crippen molar-refractivity contribution in [2.75, 3.05) is 13.1 Å². The number of rotatable bonds is 1. The van der Waals surface area contributed by atoms with E-state index in [1.54, 1.807) is 0 Å². The first-order chi connectivity index (χ1) is 5.45. The number of nitrogens with zero attached hydrogens (tertiary/aromatic N) is 2. The molecule has 3 nitrogen and oxygen atoms in total. The molecule has 11 heavy (non-hydrogen) atoms. The minimum Gasteiger partial charge on any atom is -0.313 e. The summed E-state index contributed by atoms with van der Waals surface area (Å²) in [6.45, 7) is 2.11. The lowest BCUT2D eigenvalue weighted by Gasteiger charge is -1.89. The van der Waals surface area contributed by atoms with E-state index in [1.807, 2.05) is 5.38 Å². The van der Waals surface area contributed by atoms with Crippen molar-refractivity contribution in [1.82, 2.24) is 14.9 Å². The molecule has 0 aliphatic carbocycles. The second kappa shape index (κ2) is 3.11. The molecule has 1 saturated heterocycles. The zero-order chi connectivity index (χ0) is 7.52. The molecule has 0 aromatic carbocycles. The highest BCUT2D eigenvalue weighted by molar-refractivity contribution is 7.03. The Morgan fingerprint density at radius 2 is 2.64 bits per heavy atom. The maximum atomic E-state index is 3.94. The van der Waals surface area contributed by atoms with Crippen LogP contribution in [-0.4, -0.2) is 22.7 Å². The molecule has 1 aliphatic heterocycles. The fourth-order valence-electron chi connectivity index (χ4n) is 1.15. The molecule has 0 amide bonds. The van der Waals surface area contributed by atoms with E-state index in [-0.39, 0.29) is 0 Å².